The third-order valence-electron chi connectivity index (χ3n) is 2.77. The fourth-order valence-electron chi connectivity index (χ4n) is 1.70. The van der Waals surface area contributed by atoms with Gasteiger partial charge in [0.1, 0.15) is 10.3 Å². The van der Waals surface area contributed by atoms with Crippen LogP contribution < -0.4 is 5.73 Å². The predicted molar refractivity (Wildman–Crippen MR) is 86.3 cm³/mol. The number of rotatable bonds is 5. The summed E-state index contributed by atoms with van der Waals surface area (Å²) in [5, 5.41) is 40.1. The van der Waals surface area contributed by atoms with Crippen LogP contribution >= 0.6 is 11.8 Å². The zero-order valence-corrected chi connectivity index (χ0v) is 12.6. The van der Waals surface area contributed by atoms with E-state index in [0.29, 0.717) is 23.1 Å². The molecule has 0 radical (unpaired) electrons. The van der Waals surface area contributed by atoms with Crippen molar-refractivity contribution in [2.24, 2.45) is 10.2 Å². The first-order valence-electron chi connectivity index (χ1n) is 6.22. The summed E-state index contributed by atoms with van der Waals surface area (Å²) in [6, 6.07) is 8.12. The molecule has 0 spiro atoms. The van der Waals surface area contributed by atoms with Gasteiger partial charge >= 0.3 is 5.69 Å². The van der Waals surface area contributed by atoms with Gasteiger partial charge in [0.25, 0.3) is 5.69 Å². The van der Waals surface area contributed by atoms with Gasteiger partial charge in [-0.1, -0.05) is 0 Å². The normalized spacial score (nSPS) is 10.5. The quantitative estimate of drug-likeness (QED) is 0.213. The highest BCUT2D eigenvalue weighted by molar-refractivity contribution is 8.03. The van der Waals surface area contributed by atoms with Gasteiger partial charge in [0.15, 0.2) is 5.69 Å². The highest BCUT2D eigenvalue weighted by Crippen LogP contribution is 2.39. The molecule has 0 fully saturated rings. The monoisotopic (exact) mass is 344 g/mol. The Bertz CT molecular complexity index is 875. The maximum atomic E-state index is 11.1. The largest absolute Gasteiger partial charge is 0.399 e. The lowest BCUT2D eigenvalue weighted by molar-refractivity contribution is -0.395. The summed E-state index contributed by atoms with van der Waals surface area (Å²) >= 11 is 0.512. The average molecular weight is 344 g/mol. The lowest BCUT2D eigenvalue weighted by atomic mass is 10.2. The molecule has 2 rings (SSSR count). The van der Waals surface area contributed by atoms with Gasteiger partial charge in [0.2, 0.25) is 0 Å². The number of thiocyanates is 1. The summed E-state index contributed by atoms with van der Waals surface area (Å²) in [7, 11) is 0. The Kier molecular flexibility index (Phi) is 5.03. The van der Waals surface area contributed by atoms with Crippen molar-refractivity contribution in [3.05, 3.63) is 56.6 Å². The molecule has 0 aliphatic heterocycles. The fourth-order valence-corrected chi connectivity index (χ4v) is 2.21. The Balaban J connectivity index is 2.52. The summed E-state index contributed by atoms with van der Waals surface area (Å²) in [6.45, 7) is 0. The van der Waals surface area contributed by atoms with E-state index in [4.69, 9.17) is 11.0 Å². The van der Waals surface area contributed by atoms with Crippen LogP contribution in [0.2, 0.25) is 0 Å². The zero-order chi connectivity index (χ0) is 17.7. The van der Waals surface area contributed by atoms with E-state index in [1.807, 2.05) is 0 Å². The molecule has 0 aromatic heterocycles. The molecule has 2 aromatic rings. The van der Waals surface area contributed by atoms with Gasteiger partial charge < -0.3 is 5.73 Å². The standard InChI is InChI=1S/C13H8N6O4S/c14-7-24-13-5-10(11(18(20)21)6-12(13)19(22)23)17-16-9-3-1-8(15)2-4-9/h1-6H,15H2/b17-16+. The Morgan fingerprint density at radius 3 is 2.21 bits per heavy atom. The molecule has 0 atom stereocenters. The molecule has 24 heavy (non-hydrogen) atoms. The number of nitrogen functional groups attached to an aromatic ring is 1. The van der Waals surface area contributed by atoms with E-state index in [0.717, 1.165) is 12.1 Å². The van der Waals surface area contributed by atoms with Crippen LogP contribution in [0.1, 0.15) is 0 Å². The van der Waals surface area contributed by atoms with Gasteiger partial charge in [-0.25, -0.2) is 0 Å². The molecule has 2 aromatic carbocycles. The van der Waals surface area contributed by atoms with Crippen molar-refractivity contribution in [2.75, 3.05) is 5.73 Å². The van der Waals surface area contributed by atoms with Gasteiger partial charge in [-0.15, -0.1) is 5.11 Å². The fraction of sp³-hybridized carbons (Fsp3) is 0. The number of nitro benzene ring substituents is 2. The van der Waals surface area contributed by atoms with Crippen LogP contribution in [0, 0.1) is 30.9 Å². The Morgan fingerprint density at radius 2 is 1.67 bits per heavy atom. The number of azo groups is 1. The van der Waals surface area contributed by atoms with Crippen molar-refractivity contribution in [3.63, 3.8) is 0 Å². The van der Waals surface area contributed by atoms with Crippen molar-refractivity contribution in [1.29, 1.82) is 5.26 Å². The highest BCUT2D eigenvalue weighted by Gasteiger charge is 2.25. The molecule has 0 saturated heterocycles. The lowest BCUT2D eigenvalue weighted by Crippen LogP contribution is -1.95. The number of hydrogen-bond acceptors (Lipinski definition) is 9. The summed E-state index contributed by atoms with van der Waals surface area (Å²) in [4.78, 5) is 20.4. The molecule has 11 heteroatoms. The molecule has 0 amide bonds. The van der Waals surface area contributed by atoms with Crippen molar-refractivity contribution < 1.29 is 9.85 Å². The summed E-state index contributed by atoms with van der Waals surface area (Å²) in [5.74, 6) is 0. The molecular formula is C13H8N6O4S. The van der Waals surface area contributed by atoms with E-state index in [1.54, 1.807) is 29.7 Å². The number of hydrogen-bond donors (Lipinski definition) is 1. The topological polar surface area (TPSA) is 161 Å². The maximum Gasteiger partial charge on any atom is 0.303 e. The minimum absolute atomic E-state index is 0.0562. The Labute approximate surface area is 138 Å². The van der Waals surface area contributed by atoms with E-state index in [9.17, 15) is 20.2 Å². The molecule has 0 unspecified atom stereocenters. The van der Waals surface area contributed by atoms with Crippen molar-refractivity contribution in [3.8, 4) is 5.40 Å². The number of thioether (sulfide) groups is 1. The zero-order valence-electron chi connectivity index (χ0n) is 11.8. The number of benzene rings is 2. The minimum atomic E-state index is -0.800. The number of nitriles is 1. The maximum absolute atomic E-state index is 11.1. The van der Waals surface area contributed by atoms with Gasteiger partial charge in [0.05, 0.1) is 21.6 Å². The molecule has 0 aliphatic rings. The molecule has 10 nitrogen and oxygen atoms in total. The number of nitro groups is 2. The number of nitrogens with two attached hydrogens (primary N) is 1. The van der Waals surface area contributed by atoms with Gasteiger partial charge in [-0.3, -0.25) is 20.2 Å². The van der Waals surface area contributed by atoms with Gasteiger partial charge in [0, 0.05) is 5.69 Å². The second-order valence-corrected chi connectivity index (χ2v) is 5.13. The van der Waals surface area contributed by atoms with Crippen molar-refractivity contribution in [2.45, 2.75) is 4.90 Å². The van der Waals surface area contributed by atoms with Crippen LogP contribution in [0.4, 0.5) is 28.4 Å². The molecule has 0 aliphatic carbocycles. The van der Waals surface area contributed by atoms with E-state index in [-0.39, 0.29) is 10.6 Å². The van der Waals surface area contributed by atoms with Crippen LogP contribution in [0.15, 0.2) is 51.5 Å². The molecule has 2 N–H and O–H groups in total. The molecular weight excluding hydrogens is 336 g/mol. The van der Waals surface area contributed by atoms with Crippen LogP contribution in [0.5, 0.6) is 0 Å². The number of nitrogens with zero attached hydrogens (tertiary/aromatic N) is 5. The SMILES string of the molecule is N#CSc1cc(/N=N/c2ccc(N)cc2)c([N+](=O)[O-])cc1[N+](=O)[O-]. The summed E-state index contributed by atoms with van der Waals surface area (Å²) < 4.78 is 0. The molecule has 0 saturated carbocycles. The second-order valence-electron chi connectivity index (χ2n) is 4.31. The van der Waals surface area contributed by atoms with Gasteiger partial charge in [-0.2, -0.15) is 10.4 Å². The molecule has 0 heterocycles. The minimum Gasteiger partial charge on any atom is -0.399 e. The summed E-state index contributed by atoms with van der Waals surface area (Å²) in [5.41, 5.74) is 5.13. The third kappa shape index (κ3) is 3.81. The average Bonchev–Trinajstić information content (AvgIpc) is 2.54. The second kappa shape index (κ2) is 7.16. The van der Waals surface area contributed by atoms with Crippen LogP contribution in [0.3, 0.4) is 0 Å². The van der Waals surface area contributed by atoms with Crippen molar-refractivity contribution in [1.82, 2.24) is 0 Å². The van der Waals surface area contributed by atoms with E-state index >= 15 is 0 Å². The first-order valence-corrected chi connectivity index (χ1v) is 7.04. The number of anilines is 1. The van der Waals surface area contributed by atoms with Gasteiger partial charge in [-0.05, 0) is 42.1 Å². The third-order valence-corrected chi connectivity index (χ3v) is 3.41. The first kappa shape index (κ1) is 16.8. The molecule has 120 valence electrons. The van der Waals surface area contributed by atoms with E-state index in [2.05, 4.69) is 10.2 Å². The molecule has 0 bridgehead atoms. The van der Waals surface area contributed by atoms with E-state index in [1.165, 1.54) is 0 Å². The van der Waals surface area contributed by atoms with E-state index < -0.39 is 21.2 Å². The predicted octanol–water partition coefficient (Wildman–Crippen LogP) is 4.07. The van der Waals surface area contributed by atoms with Crippen LogP contribution in [-0.2, 0) is 0 Å². The van der Waals surface area contributed by atoms with Crippen molar-refractivity contribution >= 4 is 40.2 Å². The smallest absolute Gasteiger partial charge is 0.303 e. The Morgan fingerprint density at radius 1 is 1.04 bits per heavy atom. The lowest BCUT2D eigenvalue weighted by Gasteiger charge is -2.01. The first-order chi connectivity index (χ1) is 11.4. The highest BCUT2D eigenvalue weighted by atomic mass is 32.2. The van der Waals surface area contributed by atoms with Crippen LogP contribution in [0.25, 0.3) is 0 Å². The Hall–Kier alpha value is -3.52. The summed E-state index contributed by atoms with van der Waals surface area (Å²) in [6.07, 6.45) is 0. The van der Waals surface area contributed by atoms with Crippen LogP contribution in [-0.4, -0.2) is 9.85 Å².